The van der Waals surface area contributed by atoms with Crippen molar-refractivity contribution in [2.45, 2.75) is 17.9 Å². The van der Waals surface area contributed by atoms with Crippen LogP contribution in [-0.4, -0.2) is 31.3 Å². The number of thioether (sulfide) groups is 1. The Balaban J connectivity index is 2.59. The van der Waals surface area contributed by atoms with Crippen molar-refractivity contribution in [3.63, 3.8) is 0 Å². The van der Waals surface area contributed by atoms with Gasteiger partial charge in [0.2, 0.25) is 0 Å². The topological polar surface area (TPSA) is 29.3 Å². The normalized spacial score (nSPS) is 13.1. The van der Waals surface area contributed by atoms with Gasteiger partial charge in [-0.3, -0.25) is 0 Å². The van der Waals surface area contributed by atoms with E-state index in [0.717, 1.165) is 12.3 Å². The van der Waals surface area contributed by atoms with E-state index in [-0.39, 0.29) is 6.04 Å². The van der Waals surface area contributed by atoms with Crippen LogP contribution in [0.4, 0.5) is 0 Å². The Labute approximate surface area is 96.8 Å². The van der Waals surface area contributed by atoms with Gasteiger partial charge in [-0.25, -0.2) is 0 Å². The fourth-order valence-corrected chi connectivity index (χ4v) is 2.60. The second-order valence-corrected chi connectivity index (χ2v) is 5.11. The van der Waals surface area contributed by atoms with Crippen LogP contribution >= 0.6 is 11.8 Å². The Hall–Kier alpha value is -0.510. The van der Waals surface area contributed by atoms with Gasteiger partial charge in [0.25, 0.3) is 0 Å². The molecular formula is C12H20N2S. The van der Waals surface area contributed by atoms with Crippen LogP contribution in [-0.2, 0) is 0 Å². The van der Waals surface area contributed by atoms with E-state index in [4.69, 9.17) is 5.73 Å². The highest BCUT2D eigenvalue weighted by atomic mass is 32.2. The minimum absolute atomic E-state index is 0.119. The number of benzene rings is 1. The maximum atomic E-state index is 5.92. The Morgan fingerprint density at radius 2 is 2.00 bits per heavy atom. The standard InChI is InChI=1S/C12H20N2S/c1-10(13)11-6-4-5-7-12(11)15-9-8-14(2)3/h4-7,10H,8-9,13H2,1-3H3/t10-/m0/s1. The summed E-state index contributed by atoms with van der Waals surface area (Å²) in [6.07, 6.45) is 0. The number of nitrogens with two attached hydrogens (primary N) is 1. The number of hydrogen-bond donors (Lipinski definition) is 1. The summed E-state index contributed by atoms with van der Waals surface area (Å²) in [5.74, 6) is 1.11. The van der Waals surface area contributed by atoms with Gasteiger partial charge < -0.3 is 10.6 Å². The molecule has 2 nitrogen and oxygen atoms in total. The Morgan fingerprint density at radius 3 is 2.60 bits per heavy atom. The molecule has 0 aromatic heterocycles. The lowest BCUT2D eigenvalue weighted by atomic mass is 10.1. The fraction of sp³-hybridized carbons (Fsp3) is 0.500. The van der Waals surface area contributed by atoms with Crippen LogP contribution in [0.25, 0.3) is 0 Å². The van der Waals surface area contributed by atoms with Crippen molar-refractivity contribution in [1.82, 2.24) is 4.90 Å². The molecular weight excluding hydrogens is 204 g/mol. The van der Waals surface area contributed by atoms with Gasteiger partial charge in [-0.1, -0.05) is 18.2 Å². The maximum Gasteiger partial charge on any atom is 0.0277 e. The lowest BCUT2D eigenvalue weighted by molar-refractivity contribution is 0.437. The zero-order chi connectivity index (χ0) is 11.3. The number of nitrogens with zero attached hydrogens (tertiary/aromatic N) is 1. The average molecular weight is 224 g/mol. The Morgan fingerprint density at radius 1 is 1.33 bits per heavy atom. The zero-order valence-corrected chi connectivity index (χ0v) is 10.6. The smallest absolute Gasteiger partial charge is 0.0277 e. The highest BCUT2D eigenvalue weighted by Crippen LogP contribution is 2.25. The average Bonchev–Trinajstić information content (AvgIpc) is 2.17. The van der Waals surface area contributed by atoms with Gasteiger partial charge in [-0.05, 0) is 32.6 Å². The van der Waals surface area contributed by atoms with E-state index in [0.29, 0.717) is 0 Å². The van der Waals surface area contributed by atoms with E-state index in [9.17, 15) is 0 Å². The summed E-state index contributed by atoms with van der Waals surface area (Å²) >= 11 is 1.88. The third-order valence-electron chi connectivity index (χ3n) is 2.21. The molecule has 0 radical (unpaired) electrons. The molecule has 0 saturated heterocycles. The summed E-state index contributed by atoms with van der Waals surface area (Å²) in [6.45, 7) is 3.13. The van der Waals surface area contributed by atoms with Crippen molar-refractivity contribution >= 4 is 11.8 Å². The first-order chi connectivity index (χ1) is 7.11. The molecule has 0 amide bonds. The van der Waals surface area contributed by atoms with Crippen LogP contribution in [0.5, 0.6) is 0 Å². The molecule has 0 spiro atoms. The second-order valence-electron chi connectivity index (χ2n) is 3.98. The summed E-state index contributed by atoms with van der Waals surface area (Å²) in [5, 5.41) is 0. The molecule has 0 saturated carbocycles. The van der Waals surface area contributed by atoms with E-state index in [1.165, 1.54) is 10.5 Å². The molecule has 3 heteroatoms. The predicted molar refractivity (Wildman–Crippen MR) is 68.3 cm³/mol. The fourth-order valence-electron chi connectivity index (χ4n) is 1.33. The van der Waals surface area contributed by atoms with Crippen molar-refractivity contribution in [1.29, 1.82) is 0 Å². The molecule has 1 atom stereocenters. The third-order valence-corrected chi connectivity index (χ3v) is 3.28. The van der Waals surface area contributed by atoms with Crippen LogP contribution in [0.3, 0.4) is 0 Å². The number of hydrogen-bond acceptors (Lipinski definition) is 3. The van der Waals surface area contributed by atoms with E-state index in [1.807, 2.05) is 18.7 Å². The van der Waals surface area contributed by atoms with Crippen LogP contribution in [0, 0.1) is 0 Å². The highest BCUT2D eigenvalue weighted by Gasteiger charge is 2.05. The maximum absolute atomic E-state index is 5.92. The van der Waals surface area contributed by atoms with Gasteiger partial charge in [0.15, 0.2) is 0 Å². The first-order valence-electron chi connectivity index (χ1n) is 5.23. The molecule has 1 rings (SSSR count). The van der Waals surface area contributed by atoms with Gasteiger partial charge in [-0.2, -0.15) is 0 Å². The molecule has 2 N–H and O–H groups in total. The van der Waals surface area contributed by atoms with Crippen LogP contribution < -0.4 is 5.73 Å². The lowest BCUT2D eigenvalue weighted by Gasteiger charge is -2.13. The van der Waals surface area contributed by atoms with E-state index >= 15 is 0 Å². The molecule has 1 aromatic rings. The first kappa shape index (κ1) is 12.6. The highest BCUT2D eigenvalue weighted by molar-refractivity contribution is 7.99. The Bertz CT molecular complexity index is 297. The van der Waals surface area contributed by atoms with Gasteiger partial charge in [0, 0.05) is 23.2 Å². The quantitative estimate of drug-likeness (QED) is 0.779. The molecule has 15 heavy (non-hydrogen) atoms. The monoisotopic (exact) mass is 224 g/mol. The molecule has 0 aliphatic carbocycles. The summed E-state index contributed by atoms with van der Waals surface area (Å²) in [6, 6.07) is 8.51. The molecule has 84 valence electrons. The molecule has 0 bridgehead atoms. The second kappa shape index (κ2) is 6.16. The van der Waals surface area contributed by atoms with Gasteiger partial charge in [0.05, 0.1) is 0 Å². The lowest BCUT2D eigenvalue weighted by Crippen LogP contribution is -2.15. The summed E-state index contributed by atoms with van der Waals surface area (Å²) < 4.78 is 0. The van der Waals surface area contributed by atoms with Crippen LogP contribution in [0.2, 0.25) is 0 Å². The predicted octanol–water partition coefficient (Wildman–Crippen LogP) is 2.36. The van der Waals surface area contributed by atoms with Gasteiger partial charge in [0.1, 0.15) is 0 Å². The van der Waals surface area contributed by atoms with Crippen molar-refractivity contribution in [2.75, 3.05) is 26.4 Å². The van der Waals surface area contributed by atoms with E-state index in [1.54, 1.807) is 0 Å². The molecule has 0 fully saturated rings. The zero-order valence-electron chi connectivity index (χ0n) is 9.73. The Kier molecular flexibility index (Phi) is 5.15. The minimum Gasteiger partial charge on any atom is -0.324 e. The summed E-state index contributed by atoms with van der Waals surface area (Å²) in [5.41, 5.74) is 7.17. The van der Waals surface area contributed by atoms with Crippen LogP contribution in [0.1, 0.15) is 18.5 Å². The van der Waals surface area contributed by atoms with Crippen molar-refractivity contribution < 1.29 is 0 Å². The molecule has 0 aliphatic rings. The molecule has 1 aromatic carbocycles. The number of rotatable bonds is 5. The van der Waals surface area contributed by atoms with Crippen molar-refractivity contribution in [2.24, 2.45) is 5.73 Å². The van der Waals surface area contributed by atoms with E-state index < -0.39 is 0 Å². The SMILES string of the molecule is C[C@H](N)c1ccccc1SCCN(C)C. The van der Waals surface area contributed by atoms with Crippen LogP contribution in [0.15, 0.2) is 29.2 Å². The van der Waals surface area contributed by atoms with E-state index in [2.05, 4.69) is 43.3 Å². The van der Waals surface area contributed by atoms with Crippen molar-refractivity contribution in [3.05, 3.63) is 29.8 Å². The minimum atomic E-state index is 0.119. The van der Waals surface area contributed by atoms with Gasteiger partial charge in [-0.15, -0.1) is 11.8 Å². The molecule has 0 aliphatic heterocycles. The van der Waals surface area contributed by atoms with Gasteiger partial charge >= 0.3 is 0 Å². The third kappa shape index (κ3) is 4.24. The largest absolute Gasteiger partial charge is 0.324 e. The summed E-state index contributed by atoms with van der Waals surface area (Å²) in [7, 11) is 4.19. The first-order valence-corrected chi connectivity index (χ1v) is 6.22. The molecule has 0 heterocycles. The van der Waals surface area contributed by atoms with Crippen molar-refractivity contribution in [3.8, 4) is 0 Å². The summed E-state index contributed by atoms with van der Waals surface area (Å²) in [4.78, 5) is 3.51. The molecule has 0 unspecified atom stereocenters.